The van der Waals surface area contributed by atoms with Crippen LogP contribution in [0.3, 0.4) is 0 Å². The molecule has 16 heavy (non-hydrogen) atoms. The van der Waals surface area contributed by atoms with Crippen LogP contribution in [0.4, 0.5) is 5.69 Å². The molecule has 1 heterocycles. The van der Waals surface area contributed by atoms with Gasteiger partial charge in [-0.15, -0.1) is 0 Å². The molecule has 1 saturated heterocycles. The maximum Gasteiger partial charge on any atom is 0.257 e. The van der Waals surface area contributed by atoms with Crippen molar-refractivity contribution in [1.82, 2.24) is 0 Å². The zero-order valence-electron chi connectivity index (χ0n) is 8.73. The van der Waals surface area contributed by atoms with Crippen LogP contribution in [0.15, 0.2) is 28.7 Å². The highest BCUT2D eigenvalue weighted by molar-refractivity contribution is 9.10. The topological polar surface area (TPSA) is 55.6 Å². The van der Waals surface area contributed by atoms with E-state index in [1.54, 1.807) is 4.90 Å². The van der Waals surface area contributed by atoms with Crippen molar-refractivity contribution in [2.75, 3.05) is 24.6 Å². The van der Waals surface area contributed by atoms with Gasteiger partial charge in [0.2, 0.25) is 0 Å². The molecule has 1 aliphatic rings. The Morgan fingerprint density at radius 2 is 2.38 bits per heavy atom. The summed E-state index contributed by atoms with van der Waals surface area (Å²) in [4.78, 5) is 13.7. The fraction of sp³-hybridized carbons (Fsp3) is 0.364. The molecule has 0 aromatic heterocycles. The summed E-state index contributed by atoms with van der Waals surface area (Å²) >= 11 is 3.39. The first kappa shape index (κ1) is 11.6. The van der Waals surface area contributed by atoms with Gasteiger partial charge in [0, 0.05) is 23.2 Å². The normalized spacial score (nSPS) is 21.2. The second kappa shape index (κ2) is 4.95. The van der Waals surface area contributed by atoms with E-state index in [0.717, 1.165) is 10.2 Å². The zero-order chi connectivity index (χ0) is 11.5. The third-order valence-corrected chi connectivity index (χ3v) is 3.00. The Hall–Kier alpha value is -0.910. The first-order valence-electron chi connectivity index (χ1n) is 5.11. The minimum Gasteiger partial charge on any atom is -0.365 e. The monoisotopic (exact) mass is 284 g/mol. The summed E-state index contributed by atoms with van der Waals surface area (Å²) in [5.74, 6) is -0.0631. The van der Waals surface area contributed by atoms with Crippen molar-refractivity contribution in [3.8, 4) is 0 Å². The molecule has 4 nitrogen and oxygen atoms in total. The van der Waals surface area contributed by atoms with Gasteiger partial charge in [-0.05, 0) is 18.2 Å². The van der Waals surface area contributed by atoms with Crippen molar-refractivity contribution in [2.45, 2.75) is 6.10 Å². The van der Waals surface area contributed by atoms with Gasteiger partial charge in [-0.1, -0.05) is 22.0 Å². The van der Waals surface area contributed by atoms with Crippen LogP contribution in [-0.2, 0) is 9.53 Å². The van der Waals surface area contributed by atoms with E-state index in [9.17, 15) is 4.79 Å². The van der Waals surface area contributed by atoms with Crippen LogP contribution in [0.1, 0.15) is 0 Å². The van der Waals surface area contributed by atoms with E-state index in [1.165, 1.54) is 0 Å². The average molecular weight is 285 g/mol. The summed E-state index contributed by atoms with van der Waals surface area (Å²) < 4.78 is 6.25. The standard InChI is InChI=1S/C11H13BrN2O2/c12-8-2-1-3-9(6-8)14-4-5-16-10(7-13)11(14)15/h1-3,6,10H,4-5,7,13H2. The Bertz CT molecular complexity index is 397. The summed E-state index contributed by atoms with van der Waals surface area (Å²) in [6, 6.07) is 7.65. The van der Waals surface area contributed by atoms with Gasteiger partial charge < -0.3 is 15.4 Å². The molecular formula is C11H13BrN2O2. The summed E-state index contributed by atoms with van der Waals surface area (Å²) in [7, 11) is 0. The number of morpholine rings is 1. The predicted octanol–water partition coefficient (Wildman–Crippen LogP) is 1.14. The number of amides is 1. The number of benzene rings is 1. The average Bonchev–Trinajstić information content (AvgIpc) is 2.29. The summed E-state index contributed by atoms with van der Waals surface area (Å²) in [5.41, 5.74) is 6.36. The van der Waals surface area contributed by atoms with Crippen LogP contribution in [0.5, 0.6) is 0 Å². The van der Waals surface area contributed by atoms with Gasteiger partial charge in [-0.3, -0.25) is 4.79 Å². The number of carbonyl (C=O) groups excluding carboxylic acids is 1. The van der Waals surface area contributed by atoms with E-state index in [4.69, 9.17) is 10.5 Å². The SMILES string of the molecule is NCC1OCCN(c2cccc(Br)c2)C1=O. The fourth-order valence-electron chi connectivity index (χ4n) is 1.71. The van der Waals surface area contributed by atoms with Crippen LogP contribution in [0, 0.1) is 0 Å². The zero-order valence-corrected chi connectivity index (χ0v) is 10.3. The Morgan fingerprint density at radius 3 is 3.06 bits per heavy atom. The third-order valence-electron chi connectivity index (χ3n) is 2.51. The second-order valence-corrected chi connectivity index (χ2v) is 4.48. The minimum absolute atomic E-state index is 0.0631. The molecule has 1 aliphatic heterocycles. The van der Waals surface area contributed by atoms with E-state index in [-0.39, 0.29) is 12.5 Å². The number of rotatable bonds is 2. The number of nitrogens with zero attached hydrogens (tertiary/aromatic N) is 1. The third kappa shape index (κ3) is 2.26. The van der Waals surface area contributed by atoms with Crippen molar-refractivity contribution in [1.29, 1.82) is 0 Å². The van der Waals surface area contributed by atoms with E-state index in [1.807, 2.05) is 24.3 Å². The van der Waals surface area contributed by atoms with Gasteiger partial charge in [0.25, 0.3) is 5.91 Å². The maximum absolute atomic E-state index is 12.0. The lowest BCUT2D eigenvalue weighted by molar-refractivity contribution is -0.133. The van der Waals surface area contributed by atoms with Crippen molar-refractivity contribution in [3.63, 3.8) is 0 Å². The first-order valence-corrected chi connectivity index (χ1v) is 5.90. The molecule has 1 fully saturated rings. The second-order valence-electron chi connectivity index (χ2n) is 3.56. The molecule has 1 atom stereocenters. The molecular weight excluding hydrogens is 272 g/mol. The molecule has 86 valence electrons. The van der Waals surface area contributed by atoms with E-state index < -0.39 is 6.10 Å². The number of halogens is 1. The van der Waals surface area contributed by atoms with Gasteiger partial charge in [-0.25, -0.2) is 0 Å². The van der Waals surface area contributed by atoms with Crippen molar-refractivity contribution >= 4 is 27.5 Å². The molecule has 1 unspecified atom stereocenters. The molecule has 0 aliphatic carbocycles. The summed E-state index contributed by atoms with van der Waals surface area (Å²) in [6.45, 7) is 1.33. The molecule has 0 spiro atoms. The van der Waals surface area contributed by atoms with Crippen LogP contribution in [-0.4, -0.2) is 31.7 Å². The van der Waals surface area contributed by atoms with Crippen molar-refractivity contribution < 1.29 is 9.53 Å². The number of hydrogen-bond acceptors (Lipinski definition) is 3. The Morgan fingerprint density at radius 1 is 1.56 bits per heavy atom. The summed E-state index contributed by atoms with van der Waals surface area (Å²) in [5, 5.41) is 0. The molecule has 5 heteroatoms. The van der Waals surface area contributed by atoms with Crippen LogP contribution >= 0.6 is 15.9 Å². The highest BCUT2D eigenvalue weighted by Crippen LogP contribution is 2.22. The van der Waals surface area contributed by atoms with Gasteiger partial charge in [0.05, 0.1) is 6.61 Å². The van der Waals surface area contributed by atoms with Crippen molar-refractivity contribution in [2.24, 2.45) is 5.73 Å². The van der Waals surface area contributed by atoms with Crippen molar-refractivity contribution in [3.05, 3.63) is 28.7 Å². The minimum atomic E-state index is -0.507. The van der Waals surface area contributed by atoms with Crippen LogP contribution in [0.2, 0.25) is 0 Å². The molecule has 2 N–H and O–H groups in total. The Balaban J connectivity index is 2.23. The molecule has 0 saturated carbocycles. The Kier molecular flexibility index (Phi) is 3.58. The maximum atomic E-state index is 12.0. The van der Waals surface area contributed by atoms with E-state index in [2.05, 4.69) is 15.9 Å². The number of hydrogen-bond donors (Lipinski definition) is 1. The quantitative estimate of drug-likeness (QED) is 0.886. The molecule has 1 aromatic rings. The first-order chi connectivity index (χ1) is 7.72. The lowest BCUT2D eigenvalue weighted by Gasteiger charge is -2.31. The van der Waals surface area contributed by atoms with Gasteiger partial charge in [0.1, 0.15) is 6.10 Å². The molecule has 1 aromatic carbocycles. The van der Waals surface area contributed by atoms with Gasteiger partial charge >= 0.3 is 0 Å². The largest absolute Gasteiger partial charge is 0.365 e. The molecule has 0 bridgehead atoms. The Labute approximate surface area is 102 Å². The lowest BCUT2D eigenvalue weighted by Crippen LogP contribution is -2.50. The van der Waals surface area contributed by atoms with Gasteiger partial charge in [-0.2, -0.15) is 0 Å². The van der Waals surface area contributed by atoms with Gasteiger partial charge in [0.15, 0.2) is 0 Å². The fourth-order valence-corrected chi connectivity index (χ4v) is 2.10. The highest BCUT2D eigenvalue weighted by atomic mass is 79.9. The number of anilines is 1. The van der Waals surface area contributed by atoms with Crippen LogP contribution in [0.25, 0.3) is 0 Å². The lowest BCUT2D eigenvalue weighted by atomic mass is 10.2. The van der Waals surface area contributed by atoms with E-state index >= 15 is 0 Å². The van der Waals surface area contributed by atoms with Crippen LogP contribution < -0.4 is 10.6 Å². The summed E-state index contributed by atoms with van der Waals surface area (Å²) in [6.07, 6.45) is -0.507. The number of ether oxygens (including phenoxy) is 1. The molecule has 0 radical (unpaired) electrons. The smallest absolute Gasteiger partial charge is 0.257 e. The molecule has 1 amide bonds. The van der Waals surface area contributed by atoms with E-state index in [0.29, 0.717) is 13.2 Å². The number of carbonyl (C=O) groups is 1. The highest BCUT2D eigenvalue weighted by Gasteiger charge is 2.29. The predicted molar refractivity (Wildman–Crippen MR) is 65.3 cm³/mol. The molecule has 2 rings (SSSR count). The number of nitrogens with two attached hydrogens (primary N) is 1.